The van der Waals surface area contributed by atoms with E-state index in [0.29, 0.717) is 17.5 Å². The van der Waals surface area contributed by atoms with Crippen LogP contribution in [-0.2, 0) is 6.54 Å². The number of aliphatic hydroxyl groups is 1. The highest BCUT2D eigenvalue weighted by Gasteiger charge is 2.12. The van der Waals surface area contributed by atoms with Gasteiger partial charge in [0.15, 0.2) is 5.96 Å². The summed E-state index contributed by atoms with van der Waals surface area (Å²) in [5.74, 6) is 1.55. The molecule has 0 saturated carbocycles. The molecule has 152 valence electrons. The first-order valence-electron chi connectivity index (χ1n) is 9.59. The Balaban J connectivity index is 1.66. The van der Waals surface area contributed by atoms with Crippen LogP contribution >= 0.6 is 11.6 Å². The van der Waals surface area contributed by atoms with Crippen LogP contribution in [0.4, 0.5) is 0 Å². The van der Waals surface area contributed by atoms with Crippen molar-refractivity contribution in [3.63, 3.8) is 0 Å². The first kappa shape index (κ1) is 20.9. The maximum atomic E-state index is 10.4. The van der Waals surface area contributed by atoms with Gasteiger partial charge in [0.25, 0.3) is 0 Å². The van der Waals surface area contributed by atoms with Crippen LogP contribution in [0.3, 0.4) is 0 Å². The van der Waals surface area contributed by atoms with Crippen LogP contribution in [0.1, 0.15) is 24.4 Å². The lowest BCUT2D eigenvalue weighted by Gasteiger charge is -2.21. The zero-order valence-electron chi connectivity index (χ0n) is 16.6. The minimum atomic E-state index is -0.692. The van der Waals surface area contributed by atoms with E-state index in [0.717, 1.165) is 29.2 Å². The molecular formula is C22H26ClN5O. The van der Waals surface area contributed by atoms with Crippen molar-refractivity contribution in [1.82, 2.24) is 20.2 Å². The summed E-state index contributed by atoms with van der Waals surface area (Å²) in [5.41, 5.74) is 2.87. The molecule has 0 aliphatic heterocycles. The lowest BCUT2D eigenvalue weighted by molar-refractivity contribution is 0.186. The quantitative estimate of drug-likeness (QED) is 0.407. The highest BCUT2D eigenvalue weighted by molar-refractivity contribution is 6.30. The van der Waals surface area contributed by atoms with Gasteiger partial charge in [-0.1, -0.05) is 54.1 Å². The molecule has 3 aromatic rings. The predicted molar refractivity (Wildman–Crippen MR) is 118 cm³/mol. The van der Waals surface area contributed by atoms with Crippen LogP contribution in [0.25, 0.3) is 11.3 Å². The van der Waals surface area contributed by atoms with Crippen LogP contribution in [0.15, 0.2) is 65.8 Å². The number of aromatic nitrogens is 2. The molecule has 1 heterocycles. The Morgan fingerprint density at radius 2 is 1.93 bits per heavy atom. The summed E-state index contributed by atoms with van der Waals surface area (Å²) in [5, 5.41) is 14.3. The fraction of sp³-hybridized carbons (Fsp3) is 0.273. The van der Waals surface area contributed by atoms with E-state index in [1.54, 1.807) is 12.1 Å². The number of imidazole rings is 1. The van der Waals surface area contributed by atoms with Crippen LogP contribution in [-0.4, -0.2) is 46.1 Å². The predicted octanol–water partition coefficient (Wildman–Crippen LogP) is 3.86. The van der Waals surface area contributed by atoms with Gasteiger partial charge in [-0.05, 0) is 30.2 Å². The second-order valence-electron chi connectivity index (χ2n) is 6.73. The Hall–Kier alpha value is -2.83. The van der Waals surface area contributed by atoms with Crippen molar-refractivity contribution >= 4 is 17.6 Å². The molecule has 2 aromatic carbocycles. The first-order valence-corrected chi connectivity index (χ1v) is 9.97. The number of hydrogen-bond donors (Lipinski definition) is 3. The Labute approximate surface area is 176 Å². The average molecular weight is 412 g/mol. The molecule has 0 aliphatic carbocycles. The summed E-state index contributed by atoms with van der Waals surface area (Å²) < 4.78 is 0. The van der Waals surface area contributed by atoms with E-state index in [9.17, 15) is 5.11 Å². The normalized spacial score (nSPS) is 12.6. The molecule has 1 unspecified atom stereocenters. The summed E-state index contributed by atoms with van der Waals surface area (Å²) in [4.78, 5) is 14.4. The summed E-state index contributed by atoms with van der Waals surface area (Å²) in [6.07, 6.45) is 1.15. The van der Waals surface area contributed by atoms with Gasteiger partial charge >= 0.3 is 0 Å². The first-order chi connectivity index (χ1) is 14.1. The Kier molecular flexibility index (Phi) is 7.27. The van der Waals surface area contributed by atoms with Gasteiger partial charge in [0, 0.05) is 18.6 Å². The van der Waals surface area contributed by atoms with Crippen molar-refractivity contribution < 1.29 is 5.11 Å². The fourth-order valence-electron chi connectivity index (χ4n) is 2.94. The standard InChI is InChI=1S/C22H26ClN5O/c1-3-24-22(26-14-20(29)17-9-11-18(23)12-10-17)28(2)15-21-25-13-19(27-21)16-7-5-4-6-8-16/h4-13,20,29H,3,14-15H2,1-2H3,(H,24,26)(H,25,27). The Bertz CT molecular complexity index is 924. The highest BCUT2D eigenvalue weighted by atomic mass is 35.5. The molecule has 29 heavy (non-hydrogen) atoms. The number of aliphatic imine (C=N–C) groups is 1. The molecule has 3 N–H and O–H groups in total. The van der Waals surface area contributed by atoms with E-state index >= 15 is 0 Å². The summed E-state index contributed by atoms with van der Waals surface area (Å²) in [6, 6.07) is 17.3. The Morgan fingerprint density at radius 3 is 2.62 bits per heavy atom. The smallest absolute Gasteiger partial charge is 0.194 e. The van der Waals surface area contributed by atoms with Crippen LogP contribution in [0.2, 0.25) is 5.02 Å². The third-order valence-electron chi connectivity index (χ3n) is 4.47. The van der Waals surface area contributed by atoms with Crippen LogP contribution < -0.4 is 5.32 Å². The number of benzene rings is 2. The van der Waals surface area contributed by atoms with Crippen molar-refractivity contribution in [2.24, 2.45) is 4.99 Å². The van der Waals surface area contributed by atoms with Gasteiger partial charge in [-0.25, -0.2) is 4.98 Å². The number of H-pyrrole nitrogens is 1. The van der Waals surface area contributed by atoms with Crippen molar-refractivity contribution in [3.05, 3.63) is 77.2 Å². The number of aromatic amines is 1. The van der Waals surface area contributed by atoms with Crippen molar-refractivity contribution in [2.75, 3.05) is 20.1 Å². The van der Waals surface area contributed by atoms with Gasteiger partial charge in [0.05, 0.1) is 31.1 Å². The lowest BCUT2D eigenvalue weighted by Crippen LogP contribution is -2.39. The minimum absolute atomic E-state index is 0.252. The van der Waals surface area contributed by atoms with Gasteiger partial charge in [-0.15, -0.1) is 0 Å². The van der Waals surface area contributed by atoms with E-state index in [2.05, 4.69) is 20.3 Å². The van der Waals surface area contributed by atoms with Crippen molar-refractivity contribution in [2.45, 2.75) is 19.6 Å². The number of rotatable bonds is 7. The fourth-order valence-corrected chi connectivity index (χ4v) is 3.07. The Morgan fingerprint density at radius 1 is 1.21 bits per heavy atom. The molecule has 0 spiro atoms. The number of halogens is 1. The zero-order chi connectivity index (χ0) is 20.6. The van der Waals surface area contributed by atoms with Gasteiger partial charge < -0.3 is 20.3 Å². The molecule has 0 amide bonds. The third kappa shape index (κ3) is 5.82. The molecule has 0 aliphatic rings. The van der Waals surface area contributed by atoms with Gasteiger partial charge in [-0.2, -0.15) is 0 Å². The number of guanidine groups is 1. The maximum Gasteiger partial charge on any atom is 0.194 e. The summed E-state index contributed by atoms with van der Waals surface area (Å²) in [7, 11) is 1.95. The molecular weight excluding hydrogens is 386 g/mol. The lowest BCUT2D eigenvalue weighted by atomic mass is 10.1. The topological polar surface area (TPSA) is 76.5 Å². The van der Waals surface area contributed by atoms with Crippen molar-refractivity contribution in [3.8, 4) is 11.3 Å². The van der Waals surface area contributed by atoms with Gasteiger partial charge in [-0.3, -0.25) is 4.99 Å². The summed E-state index contributed by atoms with van der Waals surface area (Å²) in [6.45, 7) is 3.56. The highest BCUT2D eigenvalue weighted by Crippen LogP contribution is 2.18. The SMILES string of the molecule is CCNC(=NCC(O)c1ccc(Cl)cc1)N(C)Cc1ncc(-c2ccccc2)[nH]1. The number of hydrogen-bond acceptors (Lipinski definition) is 3. The monoisotopic (exact) mass is 411 g/mol. The number of nitrogens with zero attached hydrogens (tertiary/aromatic N) is 3. The molecule has 6 nitrogen and oxygen atoms in total. The van der Waals surface area contributed by atoms with E-state index in [1.165, 1.54) is 0 Å². The van der Waals surface area contributed by atoms with Crippen molar-refractivity contribution in [1.29, 1.82) is 0 Å². The molecule has 1 atom stereocenters. The van der Waals surface area contributed by atoms with E-state index in [-0.39, 0.29) is 6.54 Å². The van der Waals surface area contributed by atoms with Gasteiger partial charge in [0.2, 0.25) is 0 Å². The third-order valence-corrected chi connectivity index (χ3v) is 4.72. The van der Waals surface area contributed by atoms with E-state index in [4.69, 9.17) is 11.6 Å². The molecule has 0 fully saturated rings. The molecule has 0 radical (unpaired) electrons. The second-order valence-corrected chi connectivity index (χ2v) is 7.16. The molecule has 0 saturated heterocycles. The minimum Gasteiger partial charge on any atom is -0.386 e. The average Bonchev–Trinajstić information content (AvgIpc) is 3.20. The molecule has 0 bridgehead atoms. The van der Waals surface area contributed by atoms with Crippen LogP contribution in [0.5, 0.6) is 0 Å². The molecule has 1 aromatic heterocycles. The maximum absolute atomic E-state index is 10.4. The zero-order valence-corrected chi connectivity index (χ0v) is 17.4. The summed E-state index contributed by atoms with van der Waals surface area (Å²) >= 11 is 5.91. The van der Waals surface area contributed by atoms with Crippen LogP contribution in [0, 0.1) is 0 Å². The number of aliphatic hydroxyl groups excluding tert-OH is 1. The number of nitrogens with one attached hydrogen (secondary N) is 2. The largest absolute Gasteiger partial charge is 0.386 e. The van der Waals surface area contributed by atoms with E-state index < -0.39 is 6.10 Å². The second kappa shape index (κ2) is 10.1. The molecule has 7 heteroatoms. The molecule has 3 rings (SSSR count). The van der Waals surface area contributed by atoms with Gasteiger partial charge in [0.1, 0.15) is 5.82 Å². The van der Waals surface area contributed by atoms with E-state index in [1.807, 2.05) is 67.5 Å².